The number of guanidine groups is 1. The molecule has 2 N–H and O–H groups in total. The molecule has 2 aromatic rings. The maximum atomic E-state index is 12.5. The predicted molar refractivity (Wildman–Crippen MR) is 115 cm³/mol. The van der Waals surface area contributed by atoms with Gasteiger partial charge in [-0.25, -0.2) is 0 Å². The highest BCUT2D eigenvalue weighted by atomic mass is 127. The molecule has 0 aliphatic rings. The van der Waals surface area contributed by atoms with Gasteiger partial charge in [-0.15, -0.1) is 24.0 Å². The second-order valence-corrected chi connectivity index (χ2v) is 6.09. The van der Waals surface area contributed by atoms with Gasteiger partial charge in [-0.3, -0.25) is 19.8 Å². The first kappa shape index (κ1) is 25.5. The van der Waals surface area contributed by atoms with Gasteiger partial charge in [0.05, 0.1) is 11.5 Å². The molecule has 0 spiro atoms. The number of aromatic nitrogens is 2. The molecule has 1 heterocycles. The zero-order chi connectivity index (χ0) is 21.4. The first-order chi connectivity index (χ1) is 13.7. The summed E-state index contributed by atoms with van der Waals surface area (Å²) in [5, 5.41) is 20.5. The third-order valence-corrected chi connectivity index (χ3v) is 3.75. The van der Waals surface area contributed by atoms with Crippen molar-refractivity contribution in [3.05, 3.63) is 51.8 Å². The highest BCUT2D eigenvalue weighted by Crippen LogP contribution is 2.23. The second kappa shape index (κ2) is 11.6. The fraction of sp³-hybridized carbons (Fsp3) is 0.412. The van der Waals surface area contributed by atoms with Crippen molar-refractivity contribution in [1.82, 2.24) is 20.4 Å². The average Bonchev–Trinajstić information content (AvgIpc) is 3.12. The predicted octanol–water partition coefficient (Wildman–Crippen LogP) is 3.02. The van der Waals surface area contributed by atoms with Crippen LogP contribution in [0.3, 0.4) is 0 Å². The van der Waals surface area contributed by atoms with Crippen LogP contribution >= 0.6 is 24.0 Å². The summed E-state index contributed by atoms with van der Waals surface area (Å²) in [6.45, 7) is 1.33. The van der Waals surface area contributed by atoms with Gasteiger partial charge in [0.1, 0.15) is 18.1 Å². The lowest BCUT2D eigenvalue weighted by molar-refractivity contribution is -0.385. The number of nitrogens with one attached hydrogen (secondary N) is 2. The Kier molecular flexibility index (Phi) is 9.81. The molecule has 166 valence electrons. The molecule has 9 nitrogen and oxygen atoms in total. The fourth-order valence-electron chi connectivity index (χ4n) is 2.36. The minimum atomic E-state index is -4.42. The Labute approximate surface area is 187 Å². The monoisotopic (exact) mass is 542 g/mol. The highest BCUT2D eigenvalue weighted by molar-refractivity contribution is 14.0. The third kappa shape index (κ3) is 8.42. The maximum Gasteiger partial charge on any atom is 0.422 e. The summed E-state index contributed by atoms with van der Waals surface area (Å²) in [7, 11) is 1.55. The van der Waals surface area contributed by atoms with Crippen molar-refractivity contribution in [1.29, 1.82) is 0 Å². The van der Waals surface area contributed by atoms with Gasteiger partial charge in [-0.05, 0) is 18.6 Å². The summed E-state index contributed by atoms with van der Waals surface area (Å²) in [5.74, 6) is 0.558. The molecule has 0 radical (unpaired) electrons. The number of hydrogen-bond acceptors (Lipinski definition) is 5. The topological polar surface area (TPSA) is 107 Å². The van der Waals surface area contributed by atoms with Crippen LogP contribution in [0.15, 0.2) is 35.6 Å². The number of aryl methyl sites for hydroxylation is 1. The lowest BCUT2D eigenvalue weighted by atomic mass is 10.1. The Morgan fingerprint density at radius 2 is 2.10 bits per heavy atom. The number of alkyl halides is 3. The Hall–Kier alpha value is -2.58. The summed E-state index contributed by atoms with van der Waals surface area (Å²) < 4.78 is 43.7. The normalized spacial score (nSPS) is 11.6. The number of benzene rings is 1. The number of aliphatic imine (C=N–C) groups is 1. The van der Waals surface area contributed by atoms with Gasteiger partial charge in [0, 0.05) is 25.7 Å². The molecule has 13 heteroatoms. The van der Waals surface area contributed by atoms with Gasteiger partial charge in [0.25, 0.3) is 0 Å². The van der Waals surface area contributed by atoms with E-state index in [2.05, 4.69) is 20.7 Å². The lowest BCUT2D eigenvalue weighted by Crippen LogP contribution is -2.38. The van der Waals surface area contributed by atoms with E-state index in [4.69, 9.17) is 4.74 Å². The van der Waals surface area contributed by atoms with E-state index in [0.29, 0.717) is 24.6 Å². The molecule has 0 saturated heterocycles. The van der Waals surface area contributed by atoms with E-state index in [9.17, 15) is 23.3 Å². The molecule has 0 aliphatic heterocycles. The van der Waals surface area contributed by atoms with Crippen molar-refractivity contribution in [3.63, 3.8) is 0 Å². The van der Waals surface area contributed by atoms with Gasteiger partial charge in [-0.2, -0.15) is 18.3 Å². The summed E-state index contributed by atoms with van der Waals surface area (Å²) in [5.41, 5.74) is 1.23. The van der Waals surface area contributed by atoms with Crippen LogP contribution < -0.4 is 15.4 Å². The van der Waals surface area contributed by atoms with E-state index in [1.54, 1.807) is 32.2 Å². The quantitative estimate of drug-likeness (QED) is 0.175. The summed E-state index contributed by atoms with van der Waals surface area (Å²) in [6, 6.07) is 5.01. The summed E-state index contributed by atoms with van der Waals surface area (Å²) in [6.07, 6.45) is -1.95. The van der Waals surface area contributed by atoms with Crippen LogP contribution in [0.4, 0.5) is 18.9 Å². The molecule has 2 rings (SSSR count). The number of nitrogens with zero attached hydrogens (tertiary/aromatic N) is 4. The van der Waals surface area contributed by atoms with Crippen LogP contribution in [0.25, 0.3) is 0 Å². The van der Waals surface area contributed by atoms with E-state index >= 15 is 0 Å². The molecule has 1 aromatic heterocycles. The number of halogens is 4. The summed E-state index contributed by atoms with van der Waals surface area (Å²) in [4.78, 5) is 14.2. The molecule has 1 aromatic carbocycles. The Bertz CT molecular complexity index is 873. The van der Waals surface area contributed by atoms with Gasteiger partial charge in [0.2, 0.25) is 0 Å². The zero-order valence-corrected chi connectivity index (χ0v) is 18.6. The van der Waals surface area contributed by atoms with Crippen LogP contribution in [0.1, 0.15) is 11.1 Å². The van der Waals surface area contributed by atoms with Gasteiger partial charge < -0.3 is 15.4 Å². The van der Waals surface area contributed by atoms with Crippen molar-refractivity contribution >= 4 is 35.6 Å². The standard InChI is InChI=1S/C17H21F3N6O3.HI/c1-12-3-4-13(15(7-12)29-11-17(18,19)20)8-23-16(21-2)22-5-6-25-10-14(9-24-25)26(27)28;/h3-4,7,9-10H,5-6,8,11H2,1-2H3,(H2,21,22,23);1H. The second-order valence-electron chi connectivity index (χ2n) is 6.09. The molecule has 0 amide bonds. The number of rotatable bonds is 8. The smallest absolute Gasteiger partial charge is 0.422 e. The molecule has 0 atom stereocenters. The number of nitro groups is 1. The molecule has 0 aliphatic carbocycles. The SMILES string of the molecule is CN=C(NCCn1cc([N+](=O)[O-])cn1)NCc1ccc(C)cc1OCC(F)(F)F.I. The molecule has 0 unspecified atom stereocenters. The first-order valence-electron chi connectivity index (χ1n) is 8.58. The number of hydrogen-bond donors (Lipinski definition) is 2. The lowest BCUT2D eigenvalue weighted by Gasteiger charge is -2.16. The largest absolute Gasteiger partial charge is 0.484 e. The molecule has 0 fully saturated rings. The Morgan fingerprint density at radius 3 is 2.70 bits per heavy atom. The van der Waals surface area contributed by atoms with Crippen LogP contribution in [-0.2, 0) is 13.1 Å². The minimum Gasteiger partial charge on any atom is -0.484 e. The maximum absolute atomic E-state index is 12.5. The van der Waals surface area contributed by atoms with E-state index < -0.39 is 17.7 Å². The van der Waals surface area contributed by atoms with E-state index in [0.717, 1.165) is 11.8 Å². The van der Waals surface area contributed by atoms with Crippen LogP contribution in [0.5, 0.6) is 5.75 Å². The van der Waals surface area contributed by atoms with Crippen molar-refractivity contribution in [2.75, 3.05) is 20.2 Å². The van der Waals surface area contributed by atoms with Crippen LogP contribution in [0.2, 0.25) is 0 Å². The summed E-state index contributed by atoms with van der Waals surface area (Å²) >= 11 is 0. The van der Waals surface area contributed by atoms with Crippen molar-refractivity contribution in [2.45, 2.75) is 26.2 Å². The molecular formula is C17H22F3IN6O3. The van der Waals surface area contributed by atoms with Gasteiger partial charge >= 0.3 is 11.9 Å². The van der Waals surface area contributed by atoms with Crippen LogP contribution in [0, 0.1) is 17.0 Å². The number of ether oxygens (including phenoxy) is 1. The molecule has 0 saturated carbocycles. The fourth-order valence-corrected chi connectivity index (χ4v) is 2.36. The Morgan fingerprint density at radius 1 is 1.37 bits per heavy atom. The minimum absolute atomic E-state index is 0. The van der Waals surface area contributed by atoms with E-state index in [1.165, 1.54) is 10.9 Å². The van der Waals surface area contributed by atoms with Crippen molar-refractivity contribution in [2.24, 2.45) is 4.99 Å². The van der Waals surface area contributed by atoms with Crippen molar-refractivity contribution < 1.29 is 22.8 Å². The average molecular weight is 542 g/mol. The molecule has 30 heavy (non-hydrogen) atoms. The van der Waals surface area contributed by atoms with Crippen LogP contribution in [-0.4, -0.2) is 47.0 Å². The third-order valence-electron chi connectivity index (χ3n) is 3.75. The highest BCUT2D eigenvalue weighted by Gasteiger charge is 2.28. The van der Waals surface area contributed by atoms with Crippen molar-refractivity contribution in [3.8, 4) is 5.75 Å². The van der Waals surface area contributed by atoms with Gasteiger partial charge in [0.15, 0.2) is 12.6 Å². The van der Waals surface area contributed by atoms with Gasteiger partial charge in [-0.1, -0.05) is 12.1 Å². The molecular weight excluding hydrogens is 520 g/mol. The van der Waals surface area contributed by atoms with E-state index in [-0.39, 0.29) is 42.0 Å². The van der Waals surface area contributed by atoms with E-state index in [1.807, 2.05) is 0 Å². The first-order valence-corrected chi connectivity index (χ1v) is 8.58. The zero-order valence-electron chi connectivity index (χ0n) is 16.3. The Balaban J connectivity index is 0.00000450. The molecule has 0 bridgehead atoms.